The molecular formula is C24H23FO3. The highest BCUT2D eigenvalue weighted by Crippen LogP contribution is 2.26. The molecule has 1 unspecified atom stereocenters. The summed E-state index contributed by atoms with van der Waals surface area (Å²) in [4.78, 5) is 12.4. The minimum atomic E-state index is -0.537. The van der Waals surface area contributed by atoms with Crippen molar-refractivity contribution in [2.45, 2.75) is 19.3 Å². The standard InChI is InChI=1S/C24H23FO3/c1-17(24(26)28-14-13-18-7-6-10-21(15-18)27-2)20-11-12-22(23(25)16-20)19-8-4-3-5-9-19/h3-12,15-17H,13-14H2,1-2H3. The number of rotatable bonds is 7. The molecule has 0 aromatic heterocycles. The van der Waals surface area contributed by atoms with Crippen LogP contribution in [0.2, 0.25) is 0 Å². The summed E-state index contributed by atoms with van der Waals surface area (Å²) < 4.78 is 25.1. The van der Waals surface area contributed by atoms with Crippen molar-refractivity contribution in [3.05, 3.63) is 89.7 Å². The van der Waals surface area contributed by atoms with Crippen LogP contribution in [0.5, 0.6) is 5.75 Å². The number of carbonyl (C=O) groups is 1. The number of hydrogen-bond donors (Lipinski definition) is 0. The fourth-order valence-corrected chi connectivity index (χ4v) is 3.01. The van der Waals surface area contributed by atoms with Gasteiger partial charge < -0.3 is 9.47 Å². The Morgan fingerprint density at radius 2 is 1.79 bits per heavy atom. The zero-order chi connectivity index (χ0) is 19.9. The summed E-state index contributed by atoms with van der Waals surface area (Å²) in [6.07, 6.45) is 0.594. The predicted molar refractivity (Wildman–Crippen MR) is 108 cm³/mol. The molecule has 0 bridgehead atoms. The summed E-state index contributed by atoms with van der Waals surface area (Å²) in [5, 5.41) is 0. The van der Waals surface area contributed by atoms with Gasteiger partial charge in [-0.15, -0.1) is 0 Å². The molecule has 1 atom stereocenters. The first-order chi connectivity index (χ1) is 13.6. The van der Waals surface area contributed by atoms with E-state index in [4.69, 9.17) is 9.47 Å². The number of carbonyl (C=O) groups excluding carboxylic acids is 1. The van der Waals surface area contributed by atoms with Crippen LogP contribution in [0.15, 0.2) is 72.8 Å². The number of ether oxygens (including phenoxy) is 2. The van der Waals surface area contributed by atoms with Crippen LogP contribution in [0, 0.1) is 5.82 Å². The summed E-state index contributed by atoms with van der Waals surface area (Å²) in [5.41, 5.74) is 2.95. The van der Waals surface area contributed by atoms with Crippen molar-refractivity contribution < 1.29 is 18.7 Å². The second kappa shape index (κ2) is 9.18. The summed E-state index contributed by atoms with van der Waals surface area (Å²) in [5.74, 6) is -0.481. The van der Waals surface area contributed by atoms with E-state index in [2.05, 4.69) is 0 Å². The van der Waals surface area contributed by atoms with Crippen LogP contribution in [0.3, 0.4) is 0 Å². The van der Waals surface area contributed by atoms with E-state index in [1.54, 1.807) is 26.2 Å². The third-order valence-corrected chi connectivity index (χ3v) is 4.70. The molecule has 0 saturated carbocycles. The van der Waals surface area contributed by atoms with Gasteiger partial charge in [0.15, 0.2) is 0 Å². The summed E-state index contributed by atoms with van der Waals surface area (Å²) in [7, 11) is 1.61. The van der Waals surface area contributed by atoms with Gasteiger partial charge in [-0.25, -0.2) is 4.39 Å². The molecule has 144 valence electrons. The first-order valence-electron chi connectivity index (χ1n) is 9.23. The van der Waals surface area contributed by atoms with E-state index in [0.717, 1.165) is 16.9 Å². The summed E-state index contributed by atoms with van der Waals surface area (Å²) in [6.45, 7) is 1.99. The lowest BCUT2D eigenvalue weighted by Crippen LogP contribution is -2.15. The Kier molecular flexibility index (Phi) is 6.43. The molecule has 3 rings (SSSR count). The molecule has 4 heteroatoms. The lowest BCUT2D eigenvalue weighted by Gasteiger charge is -2.13. The topological polar surface area (TPSA) is 35.5 Å². The smallest absolute Gasteiger partial charge is 0.313 e. The number of halogens is 1. The molecule has 28 heavy (non-hydrogen) atoms. The zero-order valence-corrected chi connectivity index (χ0v) is 16.0. The van der Waals surface area contributed by atoms with E-state index in [1.807, 2.05) is 54.6 Å². The molecule has 0 N–H and O–H groups in total. The van der Waals surface area contributed by atoms with Crippen molar-refractivity contribution in [2.24, 2.45) is 0 Å². The molecule has 3 aromatic carbocycles. The fourth-order valence-electron chi connectivity index (χ4n) is 3.01. The Labute approximate surface area is 164 Å². The van der Waals surface area contributed by atoms with Crippen molar-refractivity contribution in [3.8, 4) is 16.9 Å². The highest BCUT2D eigenvalue weighted by atomic mass is 19.1. The Morgan fingerprint density at radius 1 is 1.00 bits per heavy atom. The summed E-state index contributed by atoms with van der Waals surface area (Å²) >= 11 is 0. The van der Waals surface area contributed by atoms with Gasteiger partial charge in [0.2, 0.25) is 0 Å². The third kappa shape index (κ3) is 4.77. The zero-order valence-electron chi connectivity index (χ0n) is 16.0. The lowest BCUT2D eigenvalue weighted by atomic mass is 9.97. The van der Waals surface area contributed by atoms with Crippen LogP contribution < -0.4 is 4.74 Å². The highest BCUT2D eigenvalue weighted by Gasteiger charge is 2.18. The minimum absolute atomic E-state index is 0.265. The molecule has 0 radical (unpaired) electrons. The highest BCUT2D eigenvalue weighted by molar-refractivity contribution is 5.78. The summed E-state index contributed by atoms with van der Waals surface area (Å²) in [6, 6.07) is 21.9. The monoisotopic (exact) mass is 378 g/mol. The van der Waals surface area contributed by atoms with Gasteiger partial charge in [-0.1, -0.05) is 54.6 Å². The van der Waals surface area contributed by atoms with Crippen LogP contribution in [-0.2, 0) is 16.0 Å². The first-order valence-corrected chi connectivity index (χ1v) is 9.23. The molecule has 0 spiro atoms. The number of benzene rings is 3. The van der Waals surface area contributed by atoms with Gasteiger partial charge in [0.25, 0.3) is 0 Å². The SMILES string of the molecule is COc1cccc(CCOC(=O)C(C)c2ccc(-c3ccccc3)c(F)c2)c1. The molecule has 0 aliphatic heterocycles. The van der Waals surface area contributed by atoms with Gasteiger partial charge >= 0.3 is 5.97 Å². The van der Waals surface area contributed by atoms with Crippen LogP contribution in [-0.4, -0.2) is 19.7 Å². The largest absolute Gasteiger partial charge is 0.497 e. The van der Waals surface area contributed by atoms with Gasteiger partial charge in [-0.3, -0.25) is 4.79 Å². The Hall–Kier alpha value is -3.14. The van der Waals surface area contributed by atoms with E-state index >= 15 is 0 Å². The van der Waals surface area contributed by atoms with Gasteiger partial charge in [-0.05, 0) is 41.8 Å². The number of methoxy groups -OCH3 is 1. The second-order valence-corrected chi connectivity index (χ2v) is 6.60. The number of esters is 1. The van der Waals surface area contributed by atoms with E-state index in [9.17, 15) is 9.18 Å². The van der Waals surface area contributed by atoms with Crippen LogP contribution >= 0.6 is 0 Å². The van der Waals surface area contributed by atoms with Crippen molar-refractivity contribution in [3.63, 3.8) is 0 Å². The first kappa shape index (κ1) is 19.6. The molecule has 0 saturated heterocycles. The van der Waals surface area contributed by atoms with E-state index in [1.165, 1.54) is 6.07 Å². The van der Waals surface area contributed by atoms with Gasteiger partial charge in [-0.2, -0.15) is 0 Å². The van der Waals surface area contributed by atoms with E-state index < -0.39 is 5.92 Å². The quantitative estimate of drug-likeness (QED) is 0.517. The van der Waals surface area contributed by atoms with E-state index in [0.29, 0.717) is 17.5 Å². The molecule has 0 heterocycles. The lowest BCUT2D eigenvalue weighted by molar-refractivity contribution is -0.144. The molecule has 0 aliphatic carbocycles. The average molecular weight is 378 g/mol. The van der Waals surface area contributed by atoms with Crippen molar-refractivity contribution >= 4 is 5.97 Å². The fraction of sp³-hybridized carbons (Fsp3) is 0.208. The van der Waals surface area contributed by atoms with Gasteiger partial charge in [0.05, 0.1) is 19.6 Å². The maximum atomic E-state index is 14.5. The Bertz CT molecular complexity index is 938. The maximum absolute atomic E-state index is 14.5. The normalized spacial score (nSPS) is 11.7. The molecular weight excluding hydrogens is 355 g/mol. The van der Waals surface area contributed by atoms with Gasteiger partial charge in [0.1, 0.15) is 11.6 Å². The molecule has 0 fully saturated rings. The molecule has 0 amide bonds. The number of hydrogen-bond acceptors (Lipinski definition) is 3. The maximum Gasteiger partial charge on any atom is 0.313 e. The molecule has 3 aromatic rings. The Morgan fingerprint density at radius 3 is 2.50 bits per heavy atom. The minimum Gasteiger partial charge on any atom is -0.497 e. The molecule has 0 aliphatic rings. The van der Waals surface area contributed by atoms with Crippen LogP contribution in [0.4, 0.5) is 4.39 Å². The van der Waals surface area contributed by atoms with Crippen LogP contribution in [0.25, 0.3) is 11.1 Å². The third-order valence-electron chi connectivity index (χ3n) is 4.70. The predicted octanol–water partition coefficient (Wildman–Crippen LogP) is 5.39. The van der Waals surface area contributed by atoms with Crippen molar-refractivity contribution in [2.75, 3.05) is 13.7 Å². The van der Waals surface area contributed by atoms with Crippen molar-refractivity contribution in [1.82, 2.24) is 0 Å². The van der Waals surface area contributed by atoms with Crippen LogP contribution in [0.1, 0.15) is 24.0 Å². The Balaban J connectivity index is 1.60. The van der Waals surface area contributed by atoms with E-state index in [-0.39, 0.29) is 18.4 Å². The van der Waals surface area contributed by atoms with Crippen molar-refractivity contribution in [1.29, 1.82) is 0 Å². The average Bonchev–Trinajstić information content (AvgIpc) is 2.73. The second-order valence-electron chi connectivity index (χ2n) is 6.60. The molecule has 3 nitrogen and oxygen atoms in total. The van der Waals surface area contributed by atoms with Gasteiger partial charge in [0, 0.05) is 12.0 Å².